The molecule has 1 aliphatic heterocycles. The molecule has 6 nitrogen and oxygen atoms in total. The molecule has 0 spiro atoms. The maximum Gasteiger partial charge on any atom is 0.322 e. The summed E-state index contributed by atoms with van der Waals surface area (Å²) in [5, 5.41) is 20.3. The number of carbonyl (C=O) groups is 1. The molecule has 0 fully saturated rings. The summed E-state index contributed by atoms with van der Waals surface area (Å²) in [6.07, 6.45) is 0.726. The van der Waals surface area contributed by atoms with Gasteiger partial charge in [-0.1, -0.05) is 17.7 Å². The van der Waals surface area contributed by atoms with E-state index in [1.54, 1.807) is 23.1 Å². The van der Waals surface area contributed by atoms with E-state index in [2.05, 4.69) is 15.5 Å². The number of urea groups is 1. The van der Waals surface area contributed by atoms with E-state index >= 15 is 0 Å². The zero-order chi connectivity index (χ0) is 18.1. The maximum absolute atomic E-state index is 12.6. The Bertz CT molecular complexity index is 952. The molecule has 0 saturated heterocycles. The number of thiophene rings is 1. The first kappa shape index (κ1) is 17.1. The van der Waals surface area contributed by atoms with Crippen molar-refractivity contribution in [3.8, 4) is 10.6 Å². The summed E-state index contributed by atoms with van der Waals surface area (Å²) in [6, 6.07) is 10.8. The van der Waals surface area contributed by atoms with E-state index in [1.165, 1.54) is 11.3 Å². The van der Waals surface area contributed by atoms with Gasteiger partial charge in [-0.05, 0) is 30.3 Å². The number of hydrogen-bond donors (Lipinski definition) is 3. The number of carbonyl (C=O) groups excluding carboxylic acids is 1. The van der Waals surface area contributed by atoms with Crippen molar-refractivity contribution in [2.45, 2.75) is 19.6 Å². The molecule has 3 aromatic rings. The third-order valence-corrected chi connectivity index (χ3v) is 5.66. The Hall–Kier alpha value is -2.35. The summed E-state index contributed by atoms with van der Waals surface area (Å²) < 4.78 is 0. The summed E-state index contributed by atoms with van der Waals surface area (Å²) in [4.78, 5) is 16.3. The number of nitrogens with zero attached hydrogens (tertiary/aromatic N) is 2. The van der Waals surface area contributed by atoms with Crippen molar-refractivity contribution in [3.63, 3.8) is 0 Å². The number of halogens is 1. The molecule has 3 heterocycles. The zero-order valence-corrected chi connectivity index (χ0v) is 15.4. The Kier molecular flexibility index (Phi) is 4.67. The minimum atomic E-state index is -0.160. The second kappa shape index (κ2) is 7.11. The minimum Gasteiger partial charge on any atom is -0.391 e. The number of aliphatic hydroxyl groups excluding tert-OH is 1. The molecule has 4 rings (SSSR count). The van der Waals surface area contributed by atoms with Crippen molar-refractivity contribution in [1.29, 1.82) is 0 Å². The largest absolute Gasteiger partial charge is 0.391 e. The lowest BCUT2D eigenvalue weighted by molar-refractivity contribution is 0.206. The number of rotatable bonds is 3. The third kappa shape index (κ3) is 3.33. The number of H-pyrrole nitrogens is 1. The molecule has 1 aromatic carbocycles. The van der Waals surface area contributed by atoms with Gasteiger partial charge in [0, 0.05) is 39.8 Å². The fraction of sp³-hybridized carbons (Fsp3) is 0.222. The fourth-order valence-electron chi connectivity index (χ4n) is 3.03. The predicted molar refractivity (Wildman–Crippen MR) is 102 cm³/mol. The van der Waals surface area contributed by atoms with Gasteiger partial charge in [0.05, 0.1) is 18.0 Å². The lowest BCUT2D eigenvalue weighted by Gasteiger charge is -2.27. The number of amides is 2. The number of nitrogens with one attached hydrogen (secondary N) is 2. The Morgan fingerprint density at radius 1 is 1.38 bits per heavy atom. The van der Waals surface area contributed by atoms with E-state index in [1.807, 2.05) is 18.2 Å². The highest BCUT2D eigenvalue weighted by atomic mass is 35.5. The van der Waals surface area contributed by atoms with Gasteiger partial charge < -0.3 is 15.3 Å². The Morgan fingerprint density at radius 2 is 2.27 bits per heavy atom. The van der Waals surface area contributed by atoms with Gasteiger partial charge in [0.2, 0.25) is 0 Å². The highest BCUT2D eigenvalue weighted by Gasteiger charge is 2.26. The average Bonchev–Trinajstić information content (AvgIpc) is 3.27. The number of hydrogen-bond acceptors (Lipinski definition) is 4. The van der Waals surface area contributed by atoms with Crippen molar-refractivity contribution < 1.29 is 9.90 Å². The van der Waals surface area contributed by atoms with E-state index in [-0.39, 0.29) is 12.6 Å². The monoisotopic (exact) mass is 388 g/mol. The summed E-state index contributed by atoms with van der Waals surface area (Å²) in [7, 11) is 0. The van der Waals surface area contributed by atoms with Crippen LogP contribution < -0.4 is 5.32 Å². The summed E-state index contributed by atoms with van der Waals surface area (Å²) in [5.41, 5.74) is 3.62. The Labute approximate surface area is 159 Å². The van der Waals surface area contributed by atoms with E-state index in [0.717, 1.165) is 33.1 Å². The normalized spacial score (nSPS) is 13.5. The average molecular weight is 389 g/mol. The molecule has 3 N–H and O–H groups in total. The number of aromatic amines is 1. The van der Waals surface area contributed by atoms with Crippen molar-refractivity contribution in [1.82, 2.24) is 15.1 Å². The van der Waals surface area contributed by atoms with Crippen molar-refractivity contribution in [2.75, 3.05) is 11.9 Å². The molecule has 2 amide bonds. The first-order valence-electron chi connectivity index (χ1n) is 8.21. The molecule has 1 aliphatic rings. The first-order chi connectivity index (χ1) is 12.6. The van der Waals surface area contributed by atoms with Gasteiger partial charge in [-0.15, -0.1) is 11.3 Å². The smallest absolute Gasteiger partial charge is 0.322 e. The molecule has 0 saturated carbocycles. The van der Waals surface area contributed by atoms with Gasteiger partial charge in [0.15, 0.2) is 0 Å². The standard InChI is InChI=1S/C18H17ClN4O2S/c19-11-2-1-3-12(8-11)20-18(25)23-7-6-15-14(9-23)17(22-21-15)16-5-4-13(10-24)26-16/h1-5,8,24H,6-7,9-10H2,(H,20,25)(H,21,22). The van der Waals surface area contributed by atoms with Gasteiger partial charge in [-0.2, -0.15) is 5.10 Å². The molecule has 0 aliphatic carbocycles. The van der Waals surface area contributed by atoms with E-state index in [4.69, 9.17) is 11.6 Å². The molecule has 134 valence electrons. The van der Waals surface area contributed by atoms with E-state index in [0.29, 0.717) is 23.8 Å². The number of aliphatic hydroxyl groups is 1. The molecular weight excluding hydrogens is 372 g/mol. The van der Waals surface area contributed by atoms with Crippen LogP contribution in [0.4, 0.5) is 10.5 Å². The molecule has 8 heteroatoms. The lowest BCUT2D eigenvalue weighted by Crippen LogP contribution is -2.38. The van der Waals surface area contributed by atoms with Gasteiger partial charge >= 0.3 is 6.03 Å². The number of benzene rings is 1. The van der Waals surface area contributed by atoms with Crippen LogP contribution in [-0.4, -0.2) is 32.8 Å². The topological polar surface area (TPSA) is 81.2 Å². The van der Waals surface area contributed by atoms with E-state index < -0.39 is 0 Å². The fourth-order valence-corrected chi connectivity index (χ4v) is 4.11. The van der Waals surface area contributed by atoms with Crippen LogP contribution in [0, 0.1) is 0 Å². The SMILES string of the molecule is O=C(Nc1cccc(Cl)c1)N1CCc2[nH]nc(-c3ccc(CO)s3)c2C1. The zero-order valence-electron chi connectivity index (χ0n) is 13.8. The van der Waals surface area contributed by atoms with Crippen molar-refractivity contribution in [2.24, 2.45) is 0 Å². The predicted octanol–water partition coefficient (Wildman–Crippen LogP) is 3.87. The van der Waals surface area contributed by atoms with Gasteiger partial charge in [-0.3, -0.25) is 5.10 Å². The third-order valence-electron chi connectivity index (χ3n) is 4.35. The summed E-state index contributed by atoms with van der Waals surface area (Å²) >= 11 is 7.49. The molecule has 26 heavy (non-hydrogen) atoms. The van der Waals surface area contributed by atoms with Gasteiger partial charge in [0.1, 0.15) is 5.69 Å². The highest BCUT2D eigenvalue weighted by Crippen LogP contribution is 2.33. The Morgan fingerprint density at radius 3 is 3.04 bits per heavy atom. The second-order valence-electron chi connectivity index (χ2n) is 6.07. The lowest BCUT2D eigenvalue weighted by atomic mass is 10.0. The van der Waals surface area contributed by atoms with Crippen molar-refractivity contribution >= 4 is 34.7 Å². The molecule has 0 unspecified atom stereocenters. The molecule has 0 bridgehead atoms. The van der Waals surface area contributed by atoms with Crippen LogP contribution in [0.5, 0.6) is 0 Å². The highest BCUT2D eigenvalue weighted by molar-refractivity contribution is 7.15. The molecule has 0 radical (unpaired) electrons. The quantitative estimate of drug-likeness (QED) is 0.637. The van der Waals surface area contributed by atoms with Gasteiger partial charge in [0.25, 0.3) is 0 Å². The van der Waals surface area contributed by atoms with Crippen LogP contribution in [0.2, 0.25) is 5.02 Å². The number of anilines is 1. The Balaban J connectivity index is 1.53. The van der Waals surface area contributed by atoms with Crippen LogP contribution >= 0.6 is 22.9 Å². The molecule has 0 atom stereocenters. The van der Waals surface area contributed by atoms with Gasteiger partial charge in [-0.25, -0.2) is 4.79 Å². The summed E-state index contributed by atoms with van der Waals surface area (Å²) in [6.45, 7) is 1.12. The molecular formula is C18H17ClN4O2S. The van der Waals surface area contributed by atoms with E-state index in [9.17, 15) is 9.90 Å². The number of fused-ring (bicyclic) bond motifs is 1. The minimum absolute atomic E-state index is 0.0193. The second-order valence-corrected chi connectivity index (χ2v) is 7.67. The van der Waals surface area contributed by atoms with Crippen LogP contribution in [0.25, 0.3) is 10.6 Å². The van der Waals surface area contributed by atoms with Crippen LogP contribution in [-0.2, 0) is 19.6 Å². The van der Waals surface area contributed by atoms with Crippen molar-refractivity contribution in [3.05, 3.63) is 57.6 Å². The molecule has 2 aromatic heterocycles. The summed E-state index contributed by atoms with van der Waals surface area (Å²) in [5.74, 6) is 0. The van der Waals surface area contributed by atoms with Crippen LogP contribution in [0.3, 0.4) is 0 Å². The maximum atomic E-state index is 12.6. The van der Waals surface area contributed by atoms with Crippen LogP contribution in [0.1, 0.15) is 16.1 Å². The number of aromatic nitrogens is 2. The van der Waals surface area contributed by atoms with Crippen LogP contribution in [0.15, 0.2) is 36.4 Å². The first-order valence-corrected chi connectivity index (χ1v) is 9.41.